The Labute approximate surface area is 99.6 Å². The fraction of sp³-hybridized carbons (Fsp3) is 0.200. The highest BCUT2D eigenvalue weighted by molar-refractivity contribution is 6.84. The van der Waals surface area contributed by atoms with Gasteiger partial charge < -0.3 is 0 Å². The molecule has 1 unspecified atom stereocenters. The summed E-state index contributed by atoms with van der Waals surface area (Å²) in [7, 11) is -0.986. The average Bonchev–Trinajstić information content (AvgIpc) is 2.33. The van der Waals surface area contributed by atoms with E-state index in [0.717, 1.165) is 0 Å². The molecule has 0 aliphatic carbocycles. The van der Waals surface area contributed by atoms with Gasteiger partial charge in [-0.05, 0) is 25.0 Å². The van der Waals surface area contributed by atoms with Gasteiger partial charge in [0.25, 0.3) is 0 Å². The van der Waals surface area contributed by atoms with Crippen LogP contribution >= 0.6 is 0 Å². The largest absolute Gasteiger partial charge is 0.100 e. The lowest BCUT2D eigenvalue weighted by molar-refractivity contribution is 1.36. The molecule has 2 aromatic carbocycles. The number of hydrogen-bond donors (Lipinski definition) is 0. The Morgan fingerprint density at radius 2 is 1.50 bits per heavy atom. The fourth-order valence-electron chi connectivity index (χ4n) is 2.16. The van der Waals surface area contributed by atoms with Crippen LogP contribution in [0.2, 0.25) is 6.55 Å². The summed E-state index contributed by atoms with van der Waals surface area (Å²) >= 11 is 0. The van der Waals surface area contributed by atoms with Crippen molar-refractivity contribution in [1.82, 2.24) is 0 Å². The minimum atomic E-state index is -0.986. The highest BCUT2D eigenvalue weighted by atomic mass is 28.3. The van der Waals surface area contributed by atoms with Gasteiger partial charge in [-0.3, -0.25) is 0 Å². The van der Waals surface area contributed by atoms with Gasteiger partial charge in [0.05, 0.1) is 0 Å². The Hall–Kier alpha value is -1.34. The second-order valence-electron chi connectivity index (χ2n) is 4.42. The zero-order valence-electron chi connectivity index (χ0n) is 10.2. The molecule has 1 atom stereocenters. The number of rotatable bonds is 2. The second-order valence-corrected chi connectivity index (χ2v) is 7.15. The lowest BCUT2D eigenvalue weighted by Gasteiger charge is -2.15. The monoisotopic (exact) mass is 226 g/mol. The molecule has 0 amide bonds. The molecule has 2 aromatic rings. The third-order valence-corrected chi connectivity index (χ3v) is 6.36. The molecule has 0 aliphatic heterocycles. The highest BCUT2D eigenvalue weighted by Crippen LogP contribution is 2.04. The standard InChI is InChI=1S/C15H18Si/c1-12-8-7-11-15(13(12)2)16(3)14-9-5-4-6-10-14/h4-11,16H,1-3H3. The van der Waals surface area contributed by atoms with Gasteiger partial charge in [-0.1, -0.05) is 65.5 Å². The summed E-state index contributed by atoms with van der Waals surface area (Å²) < 4.78 is 0. The molecule has 0 aromatic heterocycles. The van der Waals surface area contributed by atoms with Gasteiger partial charge in [-0.2, -0.15) is 0 Å². The van der Waals surface area contributed by atoms with Crippen LogP contribution in [0.15, 0.2) is 48.5 Å². The average molecular weight is 226 g/mol. The van der Waals surface area contributed by atoms with Crippen LogP contribution in [-0.2, 0) is 0 Å². The molecule has 0 fully saturated rings. The Bertz CT molecular complexity index is 474. The Balaban J connectivity index is 2.42. The molecule has 0 bridgehead atoms. The van der Waals surface area contributed by atoms with E-state index in [1.807, 2.05) is 0 Å². The highest BCUT2D eigenvalue weighted by Gasteiger charge is 2.12. The molecule has 0 nitrogen and oxygen atoms in total. The van der Waals surface area contributed by atoms with Crippen LogP contribution in [0.25, 0.3) is 0 Å². The normalized spacial score (nSPS) is 12.4. The van der Waals surface area contributed by atoms with Gasteiger partial charge in [0.2, 0.25) is 0 Å². The van der Waals surface area contributed by atoms with E-state index in [1.54, 1.807) is 5.19 Å². The first-order valence-electron chi connectivity index (χ1n) is 5.81. The predicted octanol–water partition coefficient (Wildman–Crippen LogP) is 2.27. The summed E-state index contributed by atoms with van der Waals surface area (Å²) in [6.45, 7) is 6.86. The summed E-state index contributed by atoms with van der Waals surface area (Å²) in [5.41, 5.74) is 2.89. The zero-order valence-corrected chi connectivity index (χ0v) is 11.4. The smallest absolute Gasteiger partial charge is 0.0642 e. The quantitative estimate of drug-likeness (QED) is 0.689. The van der Waals surface area contributed by atoms with Gasteiger partial charge in [0, 0.05) is 0 Å². The third kappa shape index (κ3) is 2.09. The van der Waals surface area contributed by atoms with Crippen molar-refractivity contribution < 1.29 is 0 Å². The van der Waals surface area contributed by atoms with Crippen molar-refractivity contribution in [3.63, 3.8) is 0 Å². The molecule has 0 N–H and O–H groups in total. The first-order chi connectivity index (χ1) is 7.70. The van der Waals surface area contributed by atoms with Gasteiger partial charge in [-0.25, -0.2) is 0 Å². The maximum Gasteiger partial charge on any atom is 0.100 e. The summed E-state index contributed by atoms with van der Waals surface area (Å²) in [5.74, 6) is 0. The molecule has 0 radical (unpaired) electrons. The summed E-state index contributed by atoms with van der Waals surface area (Å²) in [4.78, 5) is 0. The van der Waals surface area contributed by atoms with E-state index in [-0.39, 0.29) is 0 Å². The van der Waals surface area contributed by atoms with Crippen LogP contribution in [0.5, 0.6) is 0 Å². The molecule has 0 saturated carbocycles. The molecule has 0 aliphatic rings. The van der Waals surface area contributed by atoms with Gasteiger partial charge >= 0.3 is 0 Å². The summed E-state index contributed by atoms with van der Waals surface area (Å²) in [5, 5.41) is 3.10. The maximum absolute atomic E-state index is 2.41. The number of aryl methyl sites for hydroxylation is 1. The van der Waals surface area contributed by atoms with Crippen molar-refractivity contribution >= 4 is 19.2 Å². The van der Waals surface area contributed by atoms with Crippen LogP contribution in [0.4, 0.5) is 0 Å². The van der Waals surface area contributed by atoms with Crippen molar-refractivity contribution in [2.45, 2.75) is 20.4 Å². The van der Waals surface area contributed by atoms with Crippen LogP contribution in [0.1, 0.15) is 11.1 Å². The summed E-state index contributed by atoms with van der Waals surface area (Å²) in [6, 6.07) is 17.6. The Morgan fingerprint density at radius 1 is 0.812 bits per heavy atom. The number of benzene rings is 2. The summed E-state index contributed by atoms with van der Waals surface area (Å²) in [6.07, 6.45) is 0. The second kappa shape index (κ2) is 4.66. The molecule has 2 rings (SSSR count). The van der Waals surface area contributed by atoms with E-state index in [0.29, 0.717) is 0 Å². The molecule has 82 valence electrons. The third-order valence-electron chi connectivity index (χ3n) is 3.41. The molecule has 1 heteroatoms. The van der Waals surface area contributed by atoms with Gasteiger partial charge in [0.15, 0.2) is 0 Å². The van der Waals surface area contributed by atoms with E-state index in [9.17, 15) is 0 Å². The van der Waals surface area contributed by atoms with Crippen molar-refractivity contribution in [3.8, 4) is 0 Å². The minimum absolute atomic E-state index is 0.986. The minimum Gasteiger partial charge on any atom is -0.0642 e. The topological polar surface area (TPSA) is 0 Å². The van der Waals surface area contributed by atoms with Gasteiger partial charge in [0.1, 0.15) is 8.80 Å². The zero-order chi connectivity index (χ0) is 11.5. The van der Waals surface area contributed by atoms with Crippen LogP contribution < -0.4 is 10.4 Å². The van der Waals surface area contributed by atoms with E-state index in [1.165, 1.54) is 16.3 Å². The Morgan fingerprint density at radius 3 is 2.19 bits per heavy atom. The van der Waals surface area contributed by atoms with E-state index in [4.69, 9.17) is 0 Å². The van der Waals surface area contributed by atoms with Crippen LogP contribution in [0, 0.1) is 13.8 Å². The first-order valence-corrected chi connectivity index (χ1v) is 8.12. The van der Waals surface area contributed by atoms with Crippen LogP contribution in [-0.4, -0.2) is 8.80 Å². The van der Waals surface area contributed by atoms with Crippen molar-refractivity contribution in [2.75, 3.05) is 0 Å². The lowest BCUT2D eigenvalue weighted by atomic mass is 10.1. The van der Waals surface area contributed by atoms with Crippen LogP contribution in [0.3, 0.4) is 0 Å². The lowest BCUT2D eigenvalue weighted by Crippen LogP contribution is -2.40. The Kier molecular flexibility index (Phi) is 3.25. The molecule has 0 saturated heterocycles. The van der Waals surface area contributed by atoms with Crippen molar-refractivity contribution in [1.29, 1.82) is 0 Å². The van der Waals surface area contributed by atoms with Crippen molar-refractivity contribution in [2.24, 2.45) is 0 Å². The molecule has 0 heterocycles. The SMILES string of the molecule is Cc1cccc([SiH](C)c2ccccc2)c1C. The molecular formula is C15H18Si. The predicted molar refractivity (Wildman–Crippen MR) is 74.6 cm³/mol. The molecular weight excluding hydrogens is 208 g/mol. The fourth-order valence-corrected chi connectivity index (χ4v) is 4.60. The molecule has 0 spiro atoms. The molecule has 16 heavy (non-hydrogen) atoms. The first kappa shape index (κ1) is 11.2. The van der Waals surface area contributed by atoms with Crippen molar-refractivity contribution in [3.05, 3.63) is 59.7 Å². The maximum atomic E-state index is 2.41. The van der Waals surface area contributed by atoms with E-state index < -0.39 is 8.80 Å². The van der Waals surface area contributed by atoms with E-state index in [2.05, 4.69) is 68.9 Å². The number of hydrogen-bond acceptors (Lipinski definition) is 0. The van der Waals surface area contributed by atoms with E-state index >= 15 is 0 Å². The van der Waals surface area contributed by atoms with Gasteiger partial charge in [-0.15, -0.1) is 0 Å².